The maximum Gasteiger partial charge on any atom is 0.278 e. The fraction of sp³-hybridized carbons (Fsp3) is 0.320. The predicted octanol–water partition coefficient (Wildman–Crippen LogP) is 2.40. The van der Waals surface area contributed by atoms with Crippen molar-refractivity contribution >= 4 is 29.3 Å². The monoisotopic (exact) mass is 477 g/mol. The van der Waals surface area contributed by atoms with Crippen LogP contribution in [0.4, 0.5) is 5.69 Å². The van der Waals surface area contributed by atoms with Crippen LogP contribution in [0.2, 0.25) is 0 Å². The zero-order valence-electron chi connectivity index (χ0n) is 19.2. The molecule has 0 aliphatic carbocycles. The van der Waals surface area contributed by atoms with E-state index >= 15 is 0 Å². The highest BCUT2D eigenvalue weighted by Crippen LogP contribution is 2.41. The molecule has 2 aliphatic rings. The van der Waals surface area contributed by atoms with Crippen molar-refractivity contribution in [3.8, 4) is 11.8 Å². The van der Waals surface area contributed by atoms with Gasteiger partial charge < -0.3 is 9.64 Å². The molecule has 0 aromatic heterocycles. The second-order valence-electron chi connectivity index (χ2n) is 8.19. The number of hydrogen-bond acceptors (Lipinski definition) is 7. The summed E-state index contributed by atoms with van der Waals surface area (Å²) in [7, 11) is 3.64. The quantitative estimate of drug-likeness (QED) is 0.505. The van der Waals surface area contributed by atoms with E-state index in [1.807, 2.05) is 66.7 Å². The van der Waals surface area contributed by atoms with E-state index in [9.17, 15) is 14.9 Å². The van der Waals surface area contributed by atoms with E-state index in [0.717, 1.165) is 24.4 Å². The maximum absolute atomic E-state index is 13.5. The maximum atomic E-state index is 13.5. The number of thioether (sulfide) groups is 1. The summed E-state index contributed by atoms with van der Waals surface area (Å²) in [4.78, 5) is 30.3. The standard InChI is InChI=1S/C25H27N5O3S/c1-28-12-14-29(15-13-28)27-23(31)21(17-26)25-30(19-6-4-3-5-7-19)24(32)22(34-25)16-18-8-10-20(33-2)11-9-18/h3-11,22H,12-16H2,1-2H3,(H,27,31)/b25-21+. The van der Waals surface area contributed by atoms with Crippen LogP contribution in [0.1, 0.15) is 5.56 Å². The van der Waals surface area contributed by atoms with Crippen LogP contribution in [-0.4, -0.2) is 67.3 Å². The number of likely N-dealkylation sites (N-methyl/N-ethyl adjacent to an activating group) is 1. The molecule has 2 fully saturated rings. The van der Waals surface area contributed by atoms with Crippen molar-refractivity contribution in [1.29, 1.82) is 5.26 Å². The molecule has 0 spiro atoms. The van der Waals surface area contributed by atoms with Gasteiger partial charge in [-0.1, -0.05) is 42.1 Å². The van der Waals surface area contributed by atoms with Crippen LogP contribution >= 0.6 is 11.8 Å². The molecule has 2 heterocycles. The number of hydrazine groups is 1. The molecule has 1 N–H and O–H groups in total. The number of piperazine rings is 1. The first-order valence-corrected chi connectivity index (χ1v) is 12.0. The van der Waals surface area contributed by atoms with Crippen molar-refractivity contribution in [2.24, 2.45) is 0 Å². The molecular weight excluding hydrogens is 450 g/mol. The van der Waals surface area contributed by atoms with Crippen molar-refractivity contribution in [1.82, 2.24) is 15.3 Å². The topological polar surface area (TPSA) is 88.9 Å². The molecular formula is C25H27N5O3S. The number of carbonyl (C=O) groups is 2. The van der Waals surface area contributed by atoms with Gasteiger partial charge in [0.15, 0.2) is 0 Å². The molecule has 2 aromatic rings. The summed E-state index contributed by atoms with van der Waals surface area (Å²) >= 11 is 1.26. The van der Waals surface area contributed by atoms with E-state index in [-0.39, 0.29) is 11.5 Å². The van der Waals surface area contributed by atoms with Crippen LogP contribution in [0.15, 0.2) is 65.2 Å². The summed E-state index contributed by atoms with van der Waals surface area (Å²) in [5.41, 5.74) is 4.40. The first kappa shape index (κ1) is 23.8. The summed E-state index contributed by atoms with van der Waals surface area (Å²) in [5, 5.41) is 11.7. The first-order valence-electron chi connectivity index (χ1n) is 11.1. The third-order valence-corrected chi connectivity index (χ3v) is 7.13. The normalized spacial score (nSPS) is 20.7. The van der Waals surface area contributed by atoms with Crippen LogP contribution in [-0.2, 0) is 16.0 Å². The number of carbonyl (C=O) groups excluding carboxylic acids is 2. The van der Waals surface area contributed by atoms with E-state index < -0.39 is 11.2 Å². The lowest BCUT2D eigenvalue weighted by Crippen LogP contribution is -2.53. The summed E-state index contributed by atoms with van der Waals surface area (Å²) in [6.07, 6.45) is 0.471. The SMILES string of the molecule is COc1ccc(CC2S/C(=C(\C#N)C(=O)NN3CCN(C)CC3)N(c3ccccc3)C2=O)cc1. The average molecular weight is 478 g/mol. The van der Waals surface area contributed by atoms with Gasteiger partial charge in [0.25, 0.3) is 5.91 Å². The Hall–Kier alpha value is -3.32. The van der Waals surface area contributed by atoms with Gasteiger partial charge in [-0.25, -0.2) is 5.01 Å². The second-order valence-corrected chi connectivity index (χ2v) is 9.38. The number of ether oxygens (including phenoxy) is 1. The fourth-order valence-corrected chi connectivity index (χ4v) is 5.20. The van der Waals surface area contributed by atoms with Crippen molar-refractivity contribution in [2.45, 2.75) is 11.7 Å². The predicted molar refractivity (Wildman–Crippen MR) is 132 cm³/mol. The Morgan fingerprint density at radius 2 is 1.79 bits per heavy atom. The molecule has 0 radical (unpaired) electrons. The van der Waals surface area contributed by atoms with Gasteiger partial charge in [-0.3, -0.25) is 19.9 Å². The molecule has 2 amide bonds. The van der Waals surface area contributed by atoms with Crippen LogP contribution in [0.25, 0.3) is 0 Å². The molecule has 2 aromatic carbocycles. The molecule has 34 heavy (non-hydrogen) atoms. The molecule has 0 saturated carbocycles. The highest BCUT2D eigenvalue weighted by molar-refractivity contribution is 8.05. The van der Waals surface area contributed by atoms with E-state index in [4.69, 9.17) is 4.74 Å². The minimum absolute atomic E-state index is 0.0571. The highest BCUT2D eigenvalue weighted by atomic mass is 32.2. The Bertz CT molecular complexity index is 1110. The Balaban J connectivity index is 1.62. The van der Waals surface area contributed by atoms with Gasteiger partial charge in [0.1, 0.15) is 22.4 Å². The number of amides is 2. The lowest BCUT2D eigenvalue weighted by molar-refractivity contribution is -0.122. The van der Waals surface area contributed by atoms with Gasteiger partial charge in [0, 0.05) is 31.9 Å². The number of hydrogen-bond donors (Lipinski definition) is 1. The fourth-order valence-electron chi connectivity index (χ4n) is 3.89. The second kappa shape index (κ2) is 10.7. The Kier molecular flexibility index (Phi) is 7.53. The molecule has 4 rings (SSSR count). The third-order valence-electron chi connectivity index (χ3n) is 5.86. The molecule has 0 bridgehead atoms. The third kappa shape index (κ3) is 5.25. The summed E-state index contributed by atoms with van der Waals surface area (Å²) in [5.74, 6) is 0.100. The van der Waals surface area contributed by atoms with Crippen LogP contribution < -0.4 is 15.1 Å². The smallest absolute Gasteiger partial charge is 0.278 e. The van der Waals surface area contributed by atoms with E-state index in [2.05, 4.69) is 16.4 Å². The molecule has 1 unspecified atom stereocenters. The molecule has 176 valence electrons. The summed E-state index contributed by atoms with van der Waals surface area (Å²) < 4.78 is 5.22. The van der Waals surface area contributed by atoms with Crippen molar-refractivity contribution < 1.29 is 14.3 Å². The van der Waals surface area contributed by atoms with Gasteiger partial charge in [0.2, 0.25) is 5.91 Å². The van der Waals surface area contributed by atoms with Gasteiger partial charge in [-0.15, -0.1) is 0 Å². The minimum atomic E-state index is -0.492. The van der Waals surface area contributed by atoms with Crippen molar-refractivity contribution in [2.75, 3.05) is 45.2 Å². The van der Waals surface area contributed by atoms with E-state index in [1.165, 1.54) is 16.7 Å². The summed E-state index contributed by atoms with van der Waals surface area (Å²) in [6.45, 7) is 2.99. The minimum Gasteiger partial charge on any atom is -0.497 e. The van der Waals surface area contributed by atoms with Crippen molar-refractivity contribution in [3.05, 3.63) is 70.8 Å². The Morgan fingerprint density at radius 1 is 1.12 bits per heavy atom. The largest absolute Gasteiger partial charge is 0.497 e. The number of methoxy groups -OCH3 is 1. The number of anilines is 1. The zero-order chi connectivity index (χ0) is 24.1. The molecule has 2 saturated heterocycles. The van der Waals surface area contributed by atoms with E-state index in [0.29, 0.717) is 30.2 Å². The first-order chi connectivity index (χ1) is 16.5. The van der Waals surface area contributed by atoms with Crippen molar-refractivity contribution in [3.63, 3.8) is 0 Å². The number of nitrogens with zero attached hydrogens (tertiary/aromatic N) is 4. The van der Waals surface area contributed by atoms with Crippen LogP contribution in [0.5, 0.6) is 5.75 Å². The molecule has 9 heteroatoms. The molecule has 8 nitrogen and oxygen atoms in total. The zero-order valence-corrected chi connectivity index (χ0v) is 20.0. The van der Waals surface area contributed by atoms with Crippen LogP contribution in [0, 0.1) is 11.3 Å². The lowest BCUT2D eigenvalue weighted by Gasteiger charge is -2.32. The number of benzene rings is 2. The van der Waals surface area contributed by atoms with Gasteiger partial charge in [-0.05, 0) is 43.3 Å². The number of para-hydroxylation sites is 1. The molecule has 2 aliphatic heterocycles. The Morgan fingerprint density at radius 3 is 2.41 bits per heavy atom. The number of rotatable bonds is 6. The molecule has 1 atom stereocenters. The highest BCUT2D eigenvalue weighted by Gasteiger charge is 2.41. The summed E-state index contributed by atoms with van der Waals surface area (Å²) in [6, 6.07) is 18.8. The number of nitrogens with one attached hydrogen (secondary N) is 1. The Labute approximate surface area is 203 Å². The van der Waals surface area contributed by atoms with E-state index in [1.54, 1.807) is 7.11 Å². The van der Waals surface area contributed by atoms with Gasteiger partial charge >= 0.3 is 0 Å². The van der Waals surface area contributed by atoms with Crippen LogP contribution in [0.3, 0.4) is 0 Å². The van der Waals surface area contributed by atoms with Gasteiger partial charge in [0.05, 0.1) is 12.4 Å². The van der Waals surface area contributed by atoms with Gasteiger partial charge in [-0.2, -0.15) is 5.26 Å². The number of nitriles is 1. The average Bonchev–Trinajstić information content (AvgIpc) is 3.17. The lowest BCUT2D eigenvalue weighted by atomic mass is 10.1.